The topological polar surface area (TPSA) is 29.3 Å². The fourth-order valence-corrected chi connectivity index (χ4v) is 1.99. The van der Waals surface area contributed by atoms with E-state index < -0.39 is 0 Å². The molecule has 2 aromatic rings. The molecule has 0 radical (unpaired) electrons. The molecule has 0 atom stereocenters. The minimum atomic E-state index is 0.470. The Hall–Kier alpha value is -1.48. The fraction of sp³-hybridized carbons (Fsp3) is 0.308. The summed E-state index contributed by atoms with van der Waals surface area (Å²) in [5, 5.41) is 0. The van der Waals surface area contributed by atoms with E-state index in [1.807, 2.05) is 32.2 Å². The largest absolute Gasteiger partial charge is 0.469 e. The standard InChI is InChI=1S/C13H15ClN2O/c1-10-12(5-7-17-10)9-16(2)13-11(8-14)4-3-6-15-13/h3-7H,8-9H2,1-2H3. The second kappa shape index (κ2) is 5.23. The van der Waals surface area contributed by atoms with E-state index in [0.29, 0.717) is 5.88 Å². The number of aryl methyl sites for hydroxylation is 1. The van der Waals surface area contributed by atoms with E-state index in [1.165, 1.54) is 5.56 Å². The molecule has 90 valence electrons. The van der Waals surface area contributed by atoms with Gasteiger partial charge in [0.15, 0.2) is 0 Å². The molecule has 0 saturated heterocycles. The van der Waals surface area contributed by atoms with Gasteiger partial charge in [0.25, 0.3) is 0 Å². The van der Waals surface area contributed by atoms with Crippen molar-refractivity contribution >= 4 is 17.4 Å². The summed E-state index contributed by atoms with van der Waals surface area (Å²) in [6, 6.07) is 5.88. The maximum Gasteiger partial charge on any atom is 0.132 e. The van der Waals surface area contributed by atoms with Crippen LogP contribution in [0.2, 0.25) is 0 Å². The van der Waals surface area contributed by atoms with Gasteiger partial charge in [0.1, 0.15) is 11.6 Å². The van der Waals surface area contributed by atoms with Gasteiger partial charge < -0.3 is 9.32 Å². The summed E-state index contributed by atoms with van der Waals surface area (Å²) < 4.78 is 5.28. The number of alkyl halides is 1. The van der Waals surface area contributed by atoms with Gasteiger partial charge >= 0.3 is 0 Å². The number of halogens is 1. The molecule has 0 saturated carbocycles. The van der Waals surface area contributed by atoms with Crippen LogP contribution in [0, 0.1) is 6.92 Å². The molecule has 0 aliphatic carbocycles. The molecular formula is C13H15ClN2O. The fourth-order valence-electron chi connectivity index (χ4n) is 1.78. The lowest BCUT2D eigenvalue weighted by Gasteiger charge is -2.20. The van der Waals surface area contributed by atoms with E-state index in [0.717, 1.165) is 23.7 Å². The van der Waals surface area contributed by atoms with Crippen LogP contribution in [0.15, 0.2) is 35.1 Å². The molecule has 0 spiro atoms. The van der Waals surface area contributed by atoms with E-state index in [2.05, 4.69) is 9.88 Å². The summed E-state index contributed by atoms with van der Waals surface area (Å²) in [7, 11) is 2.00. The van der Waals surface area contributed by atoms with Gasteiger partial charge in [-0.3, -0.25) is 0 Å². The van der Waals surface area contributed by atoms with Crippen molar-refractivity contribution in [3.05, 3.63) is 47.5 Å². The third-order valence-corrected chi connectivity index (χ3v) is 3.03. The zero-order valence-electron chi connectivity index (χ0n) is 9.98. The third-order valence-electron chi connectivity index (χ3n) is 2.75. The van der Waals surface area contributed by atoms with Crippen LogP contribution in [0.3, 0.4) is 0 Å². The zero-order valence-corrected chi connectivity index (χ0v) is 10.7. The van der Waals surface area contributed by atoms with Crippen molar-refractivity contribution in [3.8, 4) is 0 Å². The summed E-state index contributed by atoms with van der Waals surface area (Å²) in [5.41, 5.74) is 2.21. The molecule has 0 fully saturated rings. The van der Waals surface area contributed by atoms with Crippen LogP contribution < -0.4 is 4.90 Å². The Balaban J connectivity index is 2.20. The number of pyridine rings is 1. The first-order valence-electron chi connectivity index (χ1n) is 5.46. The highest BCUT2D eigenvalue weighted by Crippen LogP contribution is 2.20. The smallest absolute Gasteiger partial charge is 0.132 e. The number of nitrogens with zero attached hydrogens (tertiary/aromatic N) is 2. The average molecular weight is 251 g/mol. The van der Waals surface area contributed by atoms with Gasteiger partial charge in [-0.25, -0.2) is 4.98 Å². The molecule has 2 rings (SSSR count). The molecule has 0 aliphatic heterocycles. The Labute approximate surface area is 106 Å². The SMILES string of the molecule is Cc1occc1CN(C)c1ncccc1CCl. The second-order valence-electron chi connectivity index (χ2n) is 3.98. The van der Waals surface area contributed by atoms with Crippen LogP contribution in [0.4, 0.5) is 5.82 Å². The molecule has 3 nitrogen and oxygen atoms in total. The first-order valence-corrected chi connectivity index (χ1v) is 5.99. The van der Waals surface area contributed by atoms with E-state index in [4.69, 9.17) is 16.0 Å². The molecule has 2 aromatic heterocycles. The van der Waals surface area contributed by atoms with Gasteiger partial charge in [0, 0.05) is 30.9 Å². The number of furan rings is 1. The number of hydrogen-bond acceptors (Lipinski definition) is 3. The number of anilines is 1. The lowest BCUT2D eigenvalue weighted by molar-refractivity contribution is 0.529. The molecular weight excluding hydrogens is 236 g/mol. The Morgan fingerprint density at radius 1 is 1.35 bits per heavy atom. The first-order chi connectivity index (χ1) is 8.22. The molecule has 2 heterocycles. The van der Waals surface area contributed by atoms with Gasteiger partial charge in [-0.05, 0) is 19.1 Å². The van der Waals surface area contributed by atoms with Crippen molar-refractivity contribution in [1.82, 2.24) is 4.98 Å². The molecule has 17 heavy (non-hydrogen) atoms. The number of aromatic nitrogens is 1. The lowest BCUT2D eigenvalue weighted by Crippen LogP contribution is -2.19. The van der Waals surface area contributed by atoms with E-state index in [1.54, 1.807) is 12.5 Å². The van der Waals surface area contributed by atoms with Crippen molar-refractivity contribution in [1.29, 1.82) is 0 Å². The highest BCUT2D eigenvalue weighted by atomic mass is 35.5. The van der Waals surface area contributed by atoms with Crippen LogP contribution in [0.25, 0.3) is 0 Å². The monoisotopic (exact) mass is 250 g/mol. The van der Waals surface area contributed by atoms with Crippen molar-refractivity contribution in [2.75, 3.05) is 11.9 Å². The summed E-state index contributed by atoms with van der Waals surface area (Å²) in [5.74, 6) is 2.33. The summed E-state index contributed by atoms with van der Waals surface area (Å²) >= 11 is 5.90. The van der Waals surface area contributed by atoms with Crippen LogP contribution in [-0.4, -0.2) is 12.0 Å². The molecule has 0 N–H and O–H groups in total. The third kappa shape index (κ3) is 2.61. The molecule has 0 aromatic carbocycles. The molecule has 4 heteroatoms. The minimum absolute atomic E-state index is 0.470. The van der Waals surface area contributed by atoms with E-state index in [9.17, 15) is 0 Å². The van der Waals surface area contributed by atoms with Crippen molar-refractivity contribution in [2.24, 2.45) is 0 Å². The van der Waals surface area contributed by atoms with E-state index in [-0.39, 0.29) is 0 Å². The predicted molar refractivity (Wildman–Crippen MR) is 69.3 cm³/mol. The Bertz CT molecular complexity index is 496. The number of rotatable bonds is 4. The maximum absolute atomic E-state index is 5.90. The van der Waals surface area contributed by atoms with E-state index >= 15 is 0 Å². The van der Waals surface area contributed by atoms with Gasteiger partial charge in [-0.1, -0.05) is 6.07 Å². The quantitative estimate of drug-likeness (QED) is 0.780. The second-order valence-corrected chi connectivity index (χ2v) is 4.25. The zero-order chi connectivity index (χ0) is 12.3. The number of hydrogen-bond donors (Lipinski definition) is 0. The lowest BCUT2D eigenvalue weighted by atomic mass is 10.2. The average Bonchev–Trinajstić information content (AvgIpc) is 2.75. The Morgan fingerprint density at radius 3 is 2.82 bits per heavy atom. The first kappa shape index (κ1) is 12.0. The van der Waals surface area contributed by atoms with Crippen LogP contribution in [-0.2, 0) is 12.4 Å². The van der Waals surface area contributed by atoms with Crippen molar-refractivity contribution < 1.29 is 4.42 Å². The summed E-state index contributed by atoms with van der Waals surface area (Å²) in [4.78, 5) is 6.45. The highest BCUT2D eigenvalue weighted by Gasteiger charge is 2.10. The Morgan fingerprint density at radius 2 is 2.18 bits per heavy atom. The van der Waals surface area contributed by atoms with Crippen LogP contribution in [0.5, 0.6) is 0 Å². The molecule has 0 unspecified atom stereocenters. The van der Waals surface area contributed by atoms with Crippen molar-refractivity contribution in [3.63, 3.8) is 0 Å². The van der Waals surface area contributed by atoms with Gasteiger partial charge in [-0.15, -0.1) is 11.6 Å². The molecule has 0 bridgehead atoms. The Kier molecular flexibility index (Phi) is 3.69. The van der Waals surface area contributed by atoms with Crippen molar-refractivity contribution in [2.45, 2.75) is 19.3 Å². The van der Waals surface area contributed by atoms with Gasteiger partial charge in [-0.2, -0.15) is 0 Å². The van der Waals surface area contributed by atoms with Gasteiger partial charge in [0.05, 0.1) is 12.1 Å². The minimum Gasteiger partial charge on any atom is -0.469 e. The summed E-state index contributed by atoms with van der Waals surface area (Å²) in [6.07, 6.45) is 3.49. The van der Waals surface area contributed by atoms with Crippen LogP contribution in [0.1, 0.15) is 16.9 Å². The molecule has 0 aliphatic rings. The molecule has 0 amide bonds. The highest BCUT2D eigenvalue weighted by molar-refractivity contribution is 6.17. The van der Waals surface area contributed by atoms with Crippen LogP contribution >= 0.6 is 11.6 Å². The van der Waals surface area contributed by atoms with Gasteiger partial charge in [0.2, 0.25) is 0 Å². The summed E-state index contributed by atoms with van der Waals surface area (Å²) in [6.45, 7) is 2.73. The predicted octanol–water partition coefficient (Wildman–Crippen LogP) is 3.36. The maximum atomic E-state index is 5.90. The normalized spacial score (nSPS) is 10.5.